The van der Waals surface area contributed by atoms with Crippen molar-refractivity contribution in [1.82, 2.24) is 10.4 Å². The van der Waals surface area contributed by atoms with Crippen molar-refractivity contribution in [3.05, 3.63) is 71.4 Å². The van der Waals surface area contributed by atoms with Gasteiger partial charge in [0.1, 0.15) is 5.75 Å². The number of nitrogens with zero attached hydrogens (tertiary/aromatic N) is 2. The molecule has 0 fully saturated rings. The number of hydrazone groups is 1. The third kappa shape index (κ3) is 3.10. The average Bonchev–Trinajstić information content (AvgIpc) is 2.59. The van der Waals surface area contributed by atoms with Gasteiger partial charge >= 0.3 is 0 Å². The molecule has 120 valence electrons. The van der Waals surface area contributed by atoms with E-state index in [4.69, 9.17) is 0 Å². The zero-order valence-corrected chi connectivity index (χ0v) is 13.4. The summed E-state index contributed by atoms with van der Waals surface area (Å²) in [7, 11) is 0. The number of benzene rings is 2. The molecule has 0 aliphatic carbocycles. The van der Waals surface area contributed by atoms with Crippen LogP contribution in [0.25, 0.3) is 10.9 Å². The molecule has 0 unspecified atom stereocenters. The van der Waals surface area contributed by atoms with Crippen LogP contribution in [0.1, 0.15) is 28.5 Å². The van der Waals surface area contributed by atoms with Gasteiger partial charge in [0.15, 0.2) is 0 Å². The number of aromatic nitrogens is 1. The molecule has 5 heteroatoms. The van der Waals surface area contributed by atoms with Crippen molar-refractivity contribution in [1.29, 1.82) is 0 Å². The number of hydrogen-bond donors (Lipinski definition) is 2. The predicted molar refractivity (Wildman–Crippen MR) is 94.3 cm³/mol. The number of rotatable bonds is 3. The Labute approximate surface area is 139 Å². The van der Waals surface area contributed by atoms with Crippen molar-refractivity contribution in [3.8, 4) is 5.75 Å². The van der Waals surface area contributed by atoms with Gasteiger partial charge in [-0.15, -0.1) is 0 Å². The van der Waals surface area contributed by atoms with Gasteiger partial charge in [0.2, 0.25) is 0 Å². The number of carbonyl (C=O) groups is 1. The second-order valence-electron chi connectivity index (χ2n) is 5.48. The van der Waals surface area contributed by atoms with E-state index in [9.17, 15) is 9.90 Å². The Hall–Kier alpha value is -3.21. The minimum Gasteiger partial charge on any atom is -0.507 e. The highest BCUT2D eigenvalue weighted by Crippen LogP contribution is 2.19. The number of amides is 1. The number of hydrogen-bond acceptors (Lipinski definition) is 4. The molecular weight excluding hydrogens is 302 g/mol. The Morgan fingerprint density at radius 2 is 1.79 bits per heavy atom. The van der Waals surface area contributed by atoms with E-state index in [0.717, 1.165) is 16.6 Å². The summed E-state index contributed by atoms with van der Waals surface area (Å²) in [6.45, 7) is 3.57. The zero-order chi connectivity index (χ0) is 17.1. The second kappa shape index (κ2) is 6.50. The van der Waals surface area contributed by atoms with Gasteiger partial charge in [-0.3, -0.25) is 9.78 Å². The Balaban J connectivity index is 1.91. The maximum Gasteiger partial charge on any atom is 0.272 e. The summed E-state index contributed by atoms with van der Waals surface area (Å²) in [6.07, 6.45) is 0. The van der Waals surface area contributed by atoms with Gasteiger partial charge in [-0.05, 0) is 38.1 Å². The van der Waals surface area contributed by atoms with Crippen molar-refractivity contribution in [2.75, 3.05) is 0 Å². The molecule has 3 rings (SSSR count). The predicted octanol–water partition coefficient (Wildman–Crippen LogP) is 3.40. The molecule has 3 aromatic rings. The lowest BCUT2D eigenvalue weighted by atomic mass is 10.1. The molecule has 0 atom stereocenters. The molecule has 0 bridgehead atoms. The smallest absolute Gasteiger partial charge is 0.272 e. The molecule has 1 heterocycles. The van der Waals surface area contributed by atoms with E-state index in [1.54, 1.807) is 37.3 Å². The maximum atomic E-state index is 12.5. The molecule has 0 spiro atoms. The first kappa shape index (κ1) is 15.7. The van der Waals surface area contributed by atoms with Crippen LogP contribution >= 0.6 is 0 Å². The van der Waals surface area contributed by atoms with E-state index in [1.165, 1.54) is 0 Å². The van der Waals surface area contributed by atoms with E-state index >= 15 is 0 Å². The fraction of sp³-hybridized carbons (Fsp3) is 0.105. The summed E-state index contributed by atoms with van der Waals surface area (Å²) in [5.41, 5.74) is 5.71. The van der Waals surface area contributed by atoms with Crippen LogP contribution in [0.2, 0.25) is 0 Å². The molecule has 0 radical (unpaired) electrons. The molecule has 0 saturated carbocycles. The maximum absolute atomic E-state index is 12.5. The summed E-state index contributed by atoms with van der Waals surface area (Å²) < 4.78 is 0. The quantitative estimate of drug-likeness (QED) is 0.574. The molecule has 0 aliphatic rings. The molecule has 2 aromatic carbocycles. The van der Waals surface area contributed by atoms with Crippen LogP contribution in [0.15, 0.2) is 59.7 Å². The van der Waals surface area contributed by atoms with Crippen LogP contribution in [0.4, 0.5) is 0 Å². The Morgan fingerprint density at radius 3 is 2.58 bits per heavy atom. The van der Waals surface area contributed by atoms with E-state index in [-0.39, 0.29) is 11.7 Å². The summed E-state index contributed by atoms with van der Waals surface area (Å²) in [5, 5.41) is 14.7. The lowest BCUT2D eigenvalue weighted by molar-refractivity contribution is 0.0956. The SMILES string of the molecule is CC(=NNC(=O)c1cc(C)nc2ccccc12)c1ccccc1O. The summed E-state index contributed by atoms with van der Waals surface area (Å²) in [4.78, 5) is 16.9. The van der Waals surface area contributed by atoms with Gasteiger partial charge in [0, 0.05) is 16.6 Å². The van der Waals surface area contributed by atoms with Crippen molar-refractivity contribution in [2.45, 2.75) is 13.8 Å². The highest BCUT2D eigenvalue weighted by atomic mass is 16.3. The monoisotopic (exact) mass is 319 g/mol. The van der Waals surface area contributed by atoms with Crippen LogP contribution in [0.3, 0.4) is 0 Å². The van der Waals surface area contributed by atoms with Gasteiger partial charge in [-0.2, -0.15) is 5.10 Å². The van der Waals surface area contributed by atoms with Crippen LogP contribution in [0, 0.1) is 6.92 Å². The van der Waals surface area contributed by atoms with Crippen molar-refractivity contribution in [3.63, 3.8) is 0 Å². The minimum absolute atomic E-state index is 0.123. The molecule has 0 saturated heterocycles. The topological polar surface area (TPSA) is 74.6 Å². The number of carbonyl (C=O) groups excluding carboxylic acids is 1. The number of phenols is 1. The Kier molecular flexibility index (Phi) is 4.24. The molecule has 1 aromatic heterocycles. The fourth-order valence-electron chi connectivity index (χ4n) is 2.53. The average molecular weight is 319 g/mol. The van der Waals surface area contributed by atoms with Gasteiger partial charge in [-0.1, -0.05) is 30.3 Å². The van der Waals surface area contributed by atoms with E-state index in [1.807, 2.05) is 31.2 Å². The summed E-state index contributed by atoms with van der Waals surface area (Å²) in [5.74, 6) is -0.190. The number of fused-ring (bicyclic) bond motifs is 1. The first-order chi connectivity index (χ1) is 11.6. The van der Waals surface area contributed by atoms with Gasteiger partial charge in [0.25, 0.3) is 5.91 Å². The number of para-hydroxylation sites is 2. The number of pyridine rings is 1. The summed E-state index contributed by atoms with van der Waals surface area (Å²) >= 11 is 0. The second-order valence-corrected chi connectivity index (χ2v) is 5.48. The van der Waals surface area contributed by atoms with Crippen LogP contribution in [-0.4, -0.2) is 21.7 Å². The van der Waals surface area contributed by atoms with Gasteiger partial charge in [-0.25, -0.2) is 5.43 Å². The molecule has 24 heavy (non-hydrogen) atoms. The number of phenolic OH excluding ortho intramolecular Hbond substituents is 1. The normalized spacial score (nSPS) is 11.5. The minimum atomic E-state index is -0.313. The van der Waals surface area contributed by atoms with Crippen LogP contribution < -0.4 is 5.43 Å². The zero-order valence-electron chi connectivity index (χ0n) is 13.4. The number of aromatic hydroxyl groups is 1. The van der Waals surface area contributed by atoms with E-state index in [0.29, 0.717) is 16.8 Å². The molecule has 5 nitrogen and oxygen atoms in total. The van der Waals surface area contributed by atoms with Crippen LogP contribution in [-0.2, 0) is 0 Å². The molecule has 2 N–H and O–H groups in total. The first-order valence-electron chi connectivity index (χ1n) is 7.55. The molecular formula is C19H17N3O2. The van der Waals surface area contributed by atoms with E-state index < -0.39 is 0 Å². The standard InChI is InChI=1S/C19H17N3O2/c1-12-11-16(15-8-3-5-9-17(15)20-12)19(24)22-21-13(2)14-7-4-6-10-18(14)23/h3-11,23H,1-2H3,(H,22,24). The highest BCUT2D eigenvalue weighted by molar-refractivity contribution is 6.07. The molecule has 0 aliphatic heterocycles. The highest BCUT2D eigenvalue weighted by Gasteiger charge is 2.12. The number of aryl methyl sites for hydroxylation is 1. The largest absolute Gasteiger partial charge is 0.507 e. The lowest BCUT2D eigenvalue weighted by Gasteiger charge is -2.08. The van der Waals surface area contributed by atoms with Crippen LogP contribution in [0.5, 0.6) is 5.75 Å². The lowest BCUT2D eigenvalue weighted by Crippen LogP contribution is -2.20. The van der Waals surface area contributed by atoms with Crippen molar-refractivity contribution < 1.29 is 9.90 Å². The summed E-state index contributed by atoms with van der Waals surface area (Å²) in [6, 6.07) is 16.1. The van der Waals surface area contributed by atoms with E-state index in [2.05, 4.69) is 15.5 Å². The third-order valence-corrected chi connectivity index (χ3v) is 3.71. The molecule has 1 amide bonds. The van der Waals surface area contributed by atoms with Crippen molar-refractivity contribution in [2.24, 2.45) is 5.10 Å². The Bertz CT molecular complexity index is 948. The van der Waals surface area contributed by atoms with Gasteiger partial charge in [0.05, 0.1) is 16.8 Å². The first-order valence-corrected chi connectivity index (χ1v) is 7.55. The number of nitrogens with one attached hydrogen (secondary N) is 1. The fourth-order valence-corrected chi connectivity index (χ4v) is 2.53. The van der Waals surface area contributed by atoms with Gasteiger partial charge < -0.3 is 5.11 Å². The third-order valence-electron chi connectivity index (χ3n) is 3.71. The van der Waals surface area contributed by atoms with Crippen molar-refractivity contribution >= 4 is 22.5 Å². The Morgan fingerprint density at radius 1 is 1.08 bits per heavy atom.